The van der Waals surface area contributed by atoms with E-state index in [-0.39, 0.29) is 23.7 Å². The molecule has 26 heavy (non-hydrogen) atoms. The Hall–Kier alpha value is -1.56. The van der Waals surface area contributed by atoms with Crippen molar-refractivity contribution in [2.24, 2.45) is 0 Å². The molecule has 2 aromatic carbocycles. The molecule has 1 aliphatic carbocycles. The third-order valence-corrected chi connectivity index (χ3v) is 7.01. The lowest BCUT2D eigenvalue weighted by atomic mass is 9.76. The molecule has 0 unspecified atom stereocenters. The summed E-state index contributed by atoms with van der Waals surface area (Å²) in [6, 6.07) is 14.4. The van der Waals surface area contributed by atoms with Gasteiger partial charge in [0.05, 0.1) is 0 Å². The molecule has 142 valence electrons. The summed E-state index contributed by atoms with van der Waals surface area (Å²) in [4.78, 5) is 0. The Bertz CT molecular complexity index is 735. The van der Waals surface area contributed by atoms with Gasteiger partial charge in [0, 0.05) is 5.41 Å². The van der Waals surface area contributed by atoms with E-state index in [0.717, 1.165) is 12.8 Å². The van der Waals surface area contributed by atoms with Crippen LogP contribution in [0.1, 0.15) is 97.9 Å². The minimum Gasteiger partial charge on any atom is -0.0776 e. The molecule has 0 nitrogen and oxygen atoms in total. The fourth-order valence-electron chi connectivity index (χ4n) is 3.99. The Morgan fingerprint density at radius 1 is 0.692 bits per heavy atom. The van der Waals surface area contributed by atoms with E-state index in [1.807, 2.05) is 0 Å². The first kappa shape index (κ1) is 20.7. The molecule has 0 heteroatoms. The van der Waals surface area contributed by atoms with Gasteiger partial charge in [-0.3, -0.25) is 0 Å². The second kappa shape index (κ2) is 6.55. The average Bonchev–Trinajstić information content (AvgIpc) is 2.82. The molecule has 0 fully saturated rings. The predicted molar refractivity (Wildman–Crippen MR) is 117 cm³/mol. The fourth-order valence-corrected chi connectivity index (χ4v) is 3.99. The van der Waals surface area contributed by atoms with Crippen LogP contribution in [0.4, 0.5) is 0 Å². The second-order valence-corrected chi connectivity index (χ2v) is 9.62. The van der Waals surface area contributed by atoms with Gasteiger partial charge >= 0.3 is 0 Å². The van der Waals surface area contributed by atoms with E-state index in [0.29, 0.717) is 0 Å². The van der Waals surface area contributed by atoms with Crippen LogP contribution in [0, 0.1) is 0 Å². The summed E-state index contributed by atoms with van der Waals surface area (Å²) >= 11 is 0. The van der Waals surface area contributed by atoms with Gasteiger partial charge in [0.25, 0.3) is 0 Å². The van der Waals surface area contributed by atoms with Crippen molar-refractivity contribution < 1.29 is 0 Å². The third-order valence-electron chi connectivity index (χ3n) is 7.01. The molecule has 3 rings (SSSR count). The molecule has 2 aromatic rings. The monoisotopic (exact) mass is 350 g/mol. The van der Waals surface area contributed by atoms with Gasteiger partial charge in [-0.1, -0.05) is 99.2 Å². The van der Waals surface area contributed by atoms with Crippen LogP contribution >= 0.6 is 0 Å². The van der Waals surface area contributed by atoms with Crippen molar-refractivity contribution in [3.05, 3.63) is 58.7 Å². The number of hydrogen-bond acceptors (Lipinski definition) is 0. The summed E-state index contributed by atoms with van der Waals surface area (Å²) < 4.78 is 0. The molecule has 0 atom stereocenters. The van der Waals surface area contributed by atoms with Gasteiger partial charge in [0.2, 0.25) is 0 Å². The van der Waals surface area contributed by atoms with E-state index in [9.17, 15) is 0 Å². The summed E-state index contributed by atoms with van der Waals surface area (Å²) in [6.07, 6.45) is 2.32. The summed E-state index contributed by atoms with van der Waals surface area (Å²) in [5, 5.41) is 0. The van der Waals surface area contributed by atoms with E-state index < -0.39 is 0 Å². The molecule has 0 aromatic heterocycles. The molecule has 0 N–H and O–H groups in total. The molecule has 0 radical (unpaired) electrons. The van der Waals surface area contributed by atoms with Crippen LogP contribution in [-0.2, 0) is 16.2 Å². The number of rotatable bonds is 4. The van der Waals surface area contributed by atoms with Crippen LogP contribution in [0.25, 0.3) is 11.1 Å². The number of benzene rings is 2. The summed E-state index contributed by atoms with van der Waals surface area (Å²) in [5.74, 6) is 0. The van der Waals surface area contributed by atoms with Crippen LogP contribution in [-0.4, -0.2) is 0 Å². The third kappa shape index (κ3) is 3.02. The van der Waals surface area contributed by atoms with Crippen LogP contribution in [0.3, 0.4) is 0 Å². The SMILES string of the molecule is C.CCC(C)(C)c1ccc2c(c1)C(C)(C)c1cc(C(C)(C)CC)ccc1-2. The highest BCUT2D eigenvalue weighted by atomic mass is 14.4. The van der Waals surface area contributed by atoms with E-state index in [1.165, 1.54) is 33.4 Å². The van der Waals surface area contributed by atoms with Gasteiger partial charge in [-0.2, -0.15) is 0 Å². The van der Waals surface area contributed by atoms with Crippen molar-refractivity contribution in [3.63, 3.8) is 0 Å². The zero-order valence-corrected chi connectivity index (χ0v) is 17.4. The molecule has 0 aliphatic heterocycles. The summed E-state index contributed by atoms with van der Waals surface area (Å²) in [5.41, 5.74) is 9.30. The highest BCUT2D eigenvalue weighted by molar-refractivity contribution is 5.81. The molecule has 0 saturated heterocycles. The Morgan fingerprint density at radius 3 is 1.35 bits per heavy atom. The fraction of sp³-hybridized carbons (Fsp3) is 0.538. The van der Waals surface area contributed by atoms with Crippen molar-refractivity contribution in [3.8, 4) is 11.1 Å². The summed E-state index contributed by atoms with van der Waals surface area (Å²) in [7, 11) is 0. The maximum atomic E-state index is 2.48. The molecule has 1 aliphatic rings. The Kier molecular flexibility index (Phi) is 5.23. The minimum absolute atomic E-state index is 0. The van der Waals surface area contributed by atoms with Crippen LogP contribution in [0.5, 0.6) is 0 Å². The Morgan fingerprint density at radius 2 is 1.04 bits per heavy atom. The van der Waals surface area contributed by atoms with Gasteiger partial charge in [-0.05, 0) is 57.1 Å². The lowest BCUT2D eigenvalue weighted by molar-refractivity contribution is 0.502. The summed E-state index contributed by atoms with van der Waals surface area (Å²) in [6.45, 7) is 18.8. The lowest BCUT2D eigenvalue weighted by Crippen LogP contribution is -2.20. The van der Waals surface area contributed by atoms with Crippen LogP contribution in [0.15, 0.2) is 36.4 Å². The highest BCUT2D eigenvalue weighted by Crippen LogP contribution is 2.50. The first-order chi connectivity index (χ1) is 11.5. The quantitative estimate of drug-likeness (QED) is 0.524. The molecule has 0 amide bonds. The molecule has 0 bridgehead atoms. The van der Waals surface area contributed by atoms with Crippen LogP contribution in [0.2, 0.25) is 0 Å². The van der Waals surface area contributed by atoms with Gasteiger partial charge in [0.1, 0.15) is 0 Å². The van der Waals surface area contributed by atoms with Crippen LogP contribution < -0.4 is 0 Å². The molecular formula is C26H38. The largest absolute Gasteiger partial charge is 0.0776 e. The van der Waals surface area contributed by atoms with E-state index in [1.54, 1.807) is 0 Å². The number of fused-ring (bicyclic) bond motifs is 3. The second-order valence-electron chi connectivity index (χ2n) is 9.62. The van der Waals surface area contributed by atoms with E-state index in [4.69, 9.17) is 0 Å². The standard InChI is InChI=1S/C25H34.CH4/c1-9-23(3,4)17-11-13-19-20-14-12-18(24(5,6)10-2)16-22(20)25(7,8)21(19)15-17;/h11-16H,9-10H2,1-8H3;1H4. The highest BCUT2D eigenvalue weighted by Gasteiger charge is 2.37. The first-order valence-electron chi connectivity index (χ1n) is 9.85. The van der Waals surface area contributed by atoms with E-state index >= 15 is 0 Å². The Labute approximate surface area is 162 Å². The maximum Gasteiger partial charge on any atom is 0.0159 e. The lowest BCUT2D eigenvalue weighted by Gasteiger charge is -2.28. The average molecular weight is 351 g/mol. The van der Waals surface area contributed by atoms with Crippen molar-refractivity contribution in [1.82, 2.24) is 0 Å². The maximum absolute atomic E-state index is 2.48. The number of hydrogen-bond donors (Lipinski definition) is 0. The van der Waals surface area contributed by atoms with Gasteiger partial charge < -0.3 is 0 Å². The predicted octanol–water partition coefficient (Wildman–Crippen LogP) is 8.00. The van der Waals surface area contributed by atoms with Gasteiger partial charge in [0.15, 0.2) is 0 Å². The van der Waals surface area contributed by atoms with Gasteiger partial charge in [-0.15, -0.1) is 0 Å². The molecule has 0 spiro atoms. The van der Waals surface area contributed by atoms with Gasteiger partial charge in [-0.25, -0.2) is 0 Å². The molecule has 0 saturated carbocycles. The van der Waals surface area contributed by atoms with Crippen molar-refractivity contribution >= 4 is 0 Å². The Balaban J connectivity index is 0.00000243. The smallest absolute Gasteiger partial charge is 0.0159 e. The van der Waals surface area contributed by atoms with E-state index in [2.05, 4.69) is 91.8 Å². The van der Waals surface area contributed by atoms with Crippen molar-refractivity contribution in [2.75, 3.05) is 0 Å². The first-order valence-corrected chi connectivity index (χ1v) is 9.85. The molecular weight excluding hydrogens is 312 g/mol. The van der Waals surface area contributed by atoms with Crippen molar-refractivity contribution in [1.29, 1.82) is 0 Å². The topological polar surface area (TPSA) is 0 Å². The molecule has 0 heterocycles. The zero-order valence-electron chi connectivity index (χ0n) is 17.4. The zero-order chi connectivity index (χ0) is 18.6. The normalized spacial score (nSPS) is 15.2. The minimum atomic E-state index is 0. The van der Waals surface area contributed by atoms with Crippen molar-refractivity contribution in [2.45, 2.75) is 91.9 Å².